The van der Waals surface area contributed by atoms with E-state index in [-0.39, 0.29) is 11.0 Å². The molecule has 1 aromatic carbocycles. The number of aromatic nitrogens is 1. The van der Waals surface area contributed by atoms with Gasteiger partial charge in [-0.05, 0) is 17.7 Å². The van der Waals surface area contributed by atoms with Crippen LogP contribution in [-0.4, -0.2) is 21.1 Å². The maximum Gasteiger partial charge on any atom is 0.211 e. The average Bonchev–Trinajstić information content (AvgIpc) is 2.48. The highest BCUT2D eigenvalue weighted by molar-refractivity contribution is 6.65. The predicted octanol–water partition coefficient (Wildman–Crippen LogP) is 2.88. The van der Waals surface area contributed by atoms with E-state index in [1.807, 2.05) is 0 Å². The van der Waals surface area contributed by atoms with Gasteiger partial charge in [0.1, 0.15) is 10.9 Å². The second-order valence-electron chi connectivity index (χ2n) is 3.89. The molecule has 1 heterocycles. The molecule has 1 aromatic heterocycles. The fourth-order valence-electron chi connectivity index (χ4n) is 1.62. The Kier molecular flexibility index (Phi) is 4.26. The Hall–Kier alpha value is -2.20. The number of rotatable bonds is 4. The molecule has 0 radical (unpaired) electrons. The van der Waals surface area contributed by atoms with Crippen LogP contribution in [0.2, 0.25) is 0 Å². The molecule has 0 aliphatic heterocycles. The van der Waals surface area contributed by atoms with E-state index in [1.165, 1.54) is 0 Å². The van der Waals surface area contributed by atoms with Crippen molar-refractivity contribution in [3.05, 3.63) is 65.5 Å². The zero-order valence-electron chi connectivity index (χ0n) is 9.95. The summed E-state index contributed by atoms with van der Waals surface area (Å²) in [7, 11) is 0. The summed E-state index contributed by atoms with van der Waals surface area (Å²) in [6.07, 6.45) is 1.91. The van der Waals surface area contributed by atoms with E-state index in [1.54, 1.807) is 48.7 Å². The third-order valence-electron chi connectivity index (χ3n) is 2.57. The quantitative estimate of drug-likeness (QED) is 0.404. The second kappa shape index (κ2) is 6.11. The average molecular weight is 275 g/mol. The fourth-order valence-corrected chi connectivity index (χ4v) is 1.78. The van der Waals surface area contributed by atoms with Crippen molar-refractivity contribution in [2.75, 3.05) is 0 Å². The number of oxime groups is 1. The van der Waals surface area contributed by atoms with Crippen LogP contribution in [-0.2, 0) is 6.42 Å². The van der Waals surface area contributed by atoms with Crippen LogP contribution >= 0.6 is 11.6 Å². The lowest BCUT2D eigenvalue weighted by molar-refractivity contribution is 0.103. The van der Waals surface area contributed by atoms with Gasteiger partial charge in [-0.3, -0.25) is 9.78 Å². The zero-order chi connectivity index (χ0) is 13.7. The van der Waals surface area contributed by atoms with E-state index in [4.69, 9.17) is 16.8 Å². The van der Waals surface area contributed by atoms with E-state index >= 15 is 0 Å². The molecule has 0 fully saturated rings. The van der Waals surface area contributed by atoms with Gasteiger partial charge in [-0.15, -0.1) is 0 Å². The summed E-state index contributed by atoms with van der Waals surface area (Å²) in [4.78, 5) is 16.1. The molecule has 0 saturated carbocycles. The molecule has 4 nitrogen and oxygen atoms in total. The van der Waals surface area contributed by atoms with Gasteiger partial charge < -0.3 is 5.21 Å². The summed E-state index contributed by atoms with van der Waals surface area (Å²) in [6, 6.07) is 12.1. The molecule has 0 amide bonds. The molecule has 1 N–H and O–H groups in total. The van der Waals surface area contributed by atoms with Crippen molar-refractivity contribution in [2.24, 2.45) is 5.16 Å². The van der Waals surface area contributed by atoms with Gasteiger partial charge in [0, 0.05) is 18.2 Å². The van der Waals surface area contributed by atoms with Crippen LogP contribution in [0.25, 0.3) is 0 Å². The number of hydrogen-bond acceptors (Lipinski definition) is 4. The van der Waals surface area contributed by atoms with Gasteiger partial charge in [-0.1, -0.05) is 47.1 Å². The van der Waals surface area contributed by atoms with Crippen LogP contribution in [0.4, 0.5) is 0 Å². The first-order chi connectivity index (χ1) is 9.20. The minimum atomic E-state index is -0.130. The molecular weight excluding hydrogens is 264 g/mol. The van der Waals surface area contributed by atoms with Gasteiger partial charge in [0.2, 0.25) is 5.78 Å². The van der Waals surface area contributed by atoms with E-state index in [0.29, 0.717) is 17.7 Å². The topological polar surface area (TPSA) is 62.5 Å². The largest absolute Gasteiger partial charge is 0.410 e. The van der Waals surface area contributed by atoms with E-state index in [0.717, 1.165) is 5.56 Å². The molecule has 0 bridgehead atoms. The summed E-state index contributed by atoms with van der Waals surface area (Å²) < 4.78 is 0. The third kappa shape index (κ3) is 3.39. The molecule has 19 heavy (non-hydrogen) atoms. The van der Waals surface area contributed by atoms with Crippen LogP contribution in [0.1, 0.15) is 21.6 Å². The van der Waals surface area contributed by atoms with Crippen LogP contribution in [0.3, 0.4) is 0 Å². The molecule has 2 rings (SSSR count). The normalized spacial score (nSPS) is 11.3. The number of halogens is 1. The van der Waals surface area contributed by atoms with Crippen molar-refractivity contribution in [2.45, 2.75) is 6.42 Å². The minimum Gasteiger partial charge on any atom is -0.410 e. The standard InChI is InChI=1S/C14H11ClN2O2/c15-13(17-19)9-10-4-6-11(7-5-10)14(18)12-3-1-2-8-16-12/h1-8,19H,9H2. The molecule has 0 saturated heterocycles. The Morgan fingerprint density at radius 3 is 2.53 bits per heavy atom. The van der Waals surface area contributed by atoms with Crippen molar-refractivity contribution >= 4 is 22.6 Å². The molecule has 0 unspecified atom stereocenters. The number of benzene rings is 1. The van der Waals surface area contributed by atoms with Crippen LogP contribution in [0.5, 0.6) is 0 Å². The number of pyridine rings is 1. The lowest BCUT2D eigenvalue weighted by atomic mass is 10.0. The Morgan fingerprint density at radius 1 is 1.21 bits per heavy atom. The number of hydrogen-bond donors (Lipinski definition) is 1. The van der Waals surface area contributed by atoms with Crippen molar-refractivity contribution in [3.8, 4) is 0 Å². The molecule has 5 heteroatoms. The summed E-state index contributed by atoms with van der Waals surface area (Å²) >= 11 is 5.62. The first-order valence-corrected chi connectivity index (χ1v) is 5.99. The lowest BCUT2D eigenvalue weighted by Crippen LogP contribution is -2.04. The molecule has 0 spiro atoms. The van der Waals surface area contributed by atoms with Gasteiger partial charge >= 0.3 is 0 Å². The smallest absolute Gasteiger partial charge is 0.211 e. The van der Waals surface area contributed by atoms with E-state index in [2.05, 4.69) is 10.1 Å². The molecule has 0 atom stereocenters. The number of carbonyl (C=O) groups is 1. The molecule has 2 aromatic rings. The van der Waals surface area contributed by atoms with E-state index in [9.17, 15) is 4.79 Å². The van der Waals surface area contributed by atoms with Gasteiger partial charge in [-0.2, -0.15) is 0 Å². The Labute approximate surface area is 115 Å². The SMILES string of the molecule is O=C(c1ccc(CC(Cl)=NO)cc1)c1ccccn1. The number of ketones is 1. The summed E-state index contributed by atoms with van der Waals surface area (Å²) in [5.74, 6) is -0.130. The second-order valence-corrected chi connectivity index (χ2v) is 4.33. The highest BCUT2D eigenvalue weighted by Gasteiger charge is 2.09. The Bertz CT molecular complexity index is 595. The van der Waals surface area contributed by atoms with Crippen molar-refractivity contribution < 1.29 is 10.0 Å². The van der Waals surface area contributed by atoms with Crippen molar-refractivity contribution in [1.29, 1.82) is 0 Å². The van der Waals surface area contributed by atoms with E-state index < -0.39 is 0 Å². The van der Waals surface area contributed by atoms with Gasteiger partial charge in [-0.25, -0.2) is 0 Å². The highest BCUT2D eigenvalue weighted by atomic mass is 35.5. The lowest BCUT2D eigenvalue weighted by Gasteiger charge is -2.02. The first-order valence-electron chi connectivity index (χ1n) is 5.62. The van der Waals surface area contributed by atoms with Crippen molar-refractivity contribution in [1.82, 2.24) is 4.98 Å². The number of nitrogens with zero attached hydrogens (tertiary/aromatic N) is 2. The van der Waals surface area contributed by atoms with Crippen molar-refractivity contribution in [3.63, 3.8) is 0 Å². The first kappa shape index (κ1) is 13.2. The van der Waals surface area contributed by atoms with Gasteiger partial charge in [0.05, 0.1) is 0 Å². The molecule has 0 aliphatic rings. The Morgan fingerprint density at radius 2 is 1.95 bits per heavy atom. The summed E-state index contributed by atoms with van der Waals surface area (Å²) in [5, 5.41) is 11.5. The predicted molar refractivity (Wildman–Crippen MR) is 72.9 cm³/mol. The van der Waals surface area contributed by atoms with Crippen LogP contribution in [0, 0.1) is 0 Å². The summed E-state index contributed by atoms with van der Waals surface area (Å²) in [6.45, 7) is 0. The van der Waals surface area contributed by atoms with Gasteiger partial charge in [0.15, 0.2) is 0 Å². The summed E-state index contributed by atoms with van der Waals surface area (Å²) in [5.41, 5.74) is 1.82. The number of carbonyl (C=O) groups excluding carboxylic acids is 1. The third-order valence-corrected chi connectivity index (χ3v) is 2.78. The maximum absolute atomic E-state index is 12.1. The van der Waals surface area contributed by atoms with Gasteiger partial charge in [0.25, 0.3) is 0 Å². The van der Waals surface area contributed by atoms with Crippen LogP contribution < -0.4 is 0 Å². The molecular formula is C14H11ClN2O2. The monoisotopic (exact) mass is 274 g/mol. The molecule has 0 aliphatic carbocycles. The maximum atomic E-state index is 12.1. The molecule has 96 valence electrons. The minimum absolute atomic E-state index is 0.101. The zero-order valence-corrected chi connectivity index (χ0v) is 10.7. The Balaban J connectivity index is 2.17. The van der Waals surface area contributed by atoms with Crippen LogP contribution in [0.15, 0.2) is 53.8 Å². The fraction of sp³-hybridized carbons (Fsp3) is 0.0714. The highest BCUT2D eigenvalue weighted by Crippen LogP contribution is 2.11.